The number of fused-ring (bicyclic) bond motifs is 3. The summed E-state index contributed by atoms with van der Waals surface area (Å²) >= 11 is 0. The van der Waals surface area contributed by atoms with Gasteiger partial charge in [-0.2, -0.15) is 0 Å². The maximum absolute atomic E-state index is 5.28. The minimum atomic E-state index is 0.717. The largest absolute Gasteiger partial charge is 0.227 e. The van der Waals surface area contributed by atoms with Gasteiger partial charge in [0.1, 0.15) is 0 Å². The molecule has 0 spiro atoms. The summed E-state index contributed by atoms with van der Waals surface area (Å²) < 4.78 is 0. The molecule has 50 heavy (non-hydrogen) atoms. The molecule has 8 aromatic carbocycles. The minimum Gasteiger partial charge on any atom is -0.227 e. The lowest BCUT2D eigenvalue weighted by Crippen LogP contribution is -1.96. The van der Waals surface area contributed by atoms with Crippen molar-refractivity contribution < 1.29 is 0 Å². The molecule has 0 atom stereocenters. The molecule has 0 amide bonds. The smallest absolute Gasteiger partial charge is 0.160 e. The van der Waals surface area contributed by atoms with Gasteiger partial charge in [-0.1, -0.05) is 170 Å². The van der Waals surface area contributed by atoms with Gasteiger partial charge >= 0.3 is 0 Å². The Morgan fingerprint density at radius 2 is 0.700 bits per heavy atom. The van der Waals surface area contributed by atoms with E-state index < -0.39 is 0 Å². The molecule has 0 radical (unpaired) electrons. The molecule has 234 valence electrons. The highest BCUT2D eigenvalue weighted by molar-refractivity contribution is 6.09. The lowest BCUT2D eigenvalue weighted by molar-refractivity contribution is 1.23. The first kappa shape index (κ1) is 29.5. The minimum absolute atomic E-state index is 0.717. The SMILES string of the molecule is c1ccc(-c2ccc(-c3nc(-c4cccc(-c5cccc(-c6cccc(-c7ccccc7)c6)c5)c4)c4ccc5ccccc5c4n3)cc2)cc1. The van der Waals surface area contributed by atoms with Crippen LogP contribution in [0.5, 0.6) is 0 Å². The van der Waals surface area contributed by atoms with Crippen LogP contribution in [0.25, 0.3) is 88.8 Å². The van der Waals surface area contributed by atoms with Crippen LogP contribution in [0.4, 0.5) is 0 Å². The van der Waals surface area contributed by atoms with Gasteiger partial charge in [-0.05, 0) is 74.2 Å². The van der Waals surface area contributed by atoms with Crippen molar-refractivity contribution in [3.63, 3.8) is 0 Å². The Morgan fingerprint density at radius 1 is 0.260 bits per heavy atom. The van der Waals surface area contributed by atoms with E-state index in [0.717, 1.165) is 49.6 Å². The summed E-state index contributed by atoms with van der Waals surface area (Å²) in [5.74, 6) is 0.717. The van der Waals surface area contributed by atoms with Gasteiger partial charge in [0, 0.05) is 21.9 Å². The van der Waals surface area contributed by atoms with Crippen molar-refractivity contribution >= 4 is 21.7 Å². The molecule has 0 saturated carbocycles. The van der Waals surface area contributed by atoms with Crippen molar-refractivity contribution in [1.29, 1.82) is 0 Å². The van der Waals surface area contributed by atoms with Crippen LogP contribution in [0.15, 0.2) is 194 Å². The van der Waals surface area contributed by atoms with Crippen LogP contribution in [0, 0.1) is 0 Å². The van der Waals surface area contributed by atoms with Crippen LogP contribution in [0.1, 0.15) is 0 Å². The lowest BCUT2D eigenvalue weighted by atomic mass is 9.95. The molecular weight excluding hydrogens is 605 g/mol. The summed E-state index contributed by atoms with van der Waals surface area (Å²) in [6.45, 7) is 0. The zero-order valence-electron chi connectivity index (χ0n) is 27.4. The molecule has 0 aliphatic carbocycles. The van der Waals surface area contributed by atoms with Gasteiger partial charge in [-0.25, -0.2) is 9.97 Å². The number of benzene rings is 8. The third-order valence-electron chi connectivity index (χ3n) is 9.48. The standard InChI is InChI=1S/C48H32N2/c1-3-12-33(13-4-1)35-24-26-37(27-25-35)48-49-46(45-29-28-36-16-7-8-23-44(36)47(45)50-48)43-22-11-21-42(32-43)41-20-10-19-40(31-41)39-18-9-17-38(30-39)34-14-5-2-6-15-34/h1-32H. The highest BCUT2D eigenvalue weighted by Crippen LogP contribution is 2.36. The molecule has 0 aliphatic heterocycles. The molecule has 0 unspecified atom stereocenters. The molecule has 0 N–H and O–H groups in total. The van der Waals surface area contributed by atoms with Gasteiger partial charge in [-0.15, -0.1) is 0 Å². The van der Waals surface area contributed by atoms with Gasteiger partial charge in [0.05, 0.1) is 11.2 Å². The Hall–Kier alpha value is -6.64. The monoisotopic (exact) mass is 636 g/mol. The van der Waals surface area contributed by atoms with Gasteiger partial charge in [0.2, 0.25) is 0 Å². The van der Waals surface area contributed by atoms with Crippen molar-refractivity contribution in [3.05, 3.63) is 194 Å². The van der Waals surface area contributed by atoms with Crippen LogP contribution < -0.4 is 0 Å². The number of rotatable bonds is 6. The van der Waals surface area contributed by atoms with E-state index in [2.05, 4.69) is 188 Å². The summed E-state index contributed by atoms with van der Waals surface area (Å²) in [6, 6.07) is 68.7. The highest BCUT2D eigenvalue weighted by Gasteiger charge is 2.15. The Labute approximate surface area is 292 Å². The number of nitrogens with zero attached hydrogens (tertiary/aromatic N) is 2. The number of hydrogen-bond donors (Lipinski definition) is 0. The van der Waals surface area contributed by atoms with Crippen molar-refractivity contribution in [2.45, 2.75) is 0 Å². The molecule has 2 heteroatoms. The molecule has 9 rings (SSSR count). The second kappa shape index (κ2) is 12.8. The van der Waals surface area contributed by atoms with Crippen LogP contribution in [-0.4, -0.2) is 9.97 Å². The normalized spacial score (nSPS) is 11.2. The molecular formula is C48H32N2. The first-order valence-electron chi connectivity index (χ1n) is 17.0. The summed E-state index contributed by atoms with van der Waals surface area (Å²) in [4.78, 5) is 10.5. The molecule has 0 aliphatic rings. The highest BCUT2D eigenvalue weighted by atomic mass is 14.9. The molecule has 0 bridgehead atoms. The third-order valence-corrected chi connectivity index (χ3v) is 9.48. The van der Waals surface area contributed by atoms with Crippen LogP contribution in [-0.2, 0) is 0 Å². The molecule has 0 fully saturated rings. The second-order valence-corrected chi connectivity index (χ2v) is 12.6. The molecule has 2 nitrogen and oxygen atoms in total. The van der Waals surface area contributed by atoms with Crippen molar-refractivity contribution in [3.8, 4) is 67.2 Å². The molecule has 1 heterocycles. The Kier molecular flexibility index (Phi) is 7.53. The van der Waals surface area contributed by atoms with Crippen molar-refractivity contribution in [2.75, 3.05) is 0 Å². The zero-order valence-corrected chi connectivity index (χ0v) is 27.4. The van der Waals surface area contributed by atoms with Gasteiger partial charge < -0.3 is 0 Å². The van der Waals surface area contributed by atoms with Gasteiger partial charge in [0.15, 0.2) is 5.82 Å². The maximum atomic E-state index is 5.28. The van der Waals surface area contributed by atoms with Crippen LogP contribution >= 0.6 is 0 Å². The fraction of sp³-hybridized carbons (Fsp3) is 0. The van der Waals surface area contributed by atoms with Crippen molar-refractivity contribution in [2.24, 2.45) is 0 Å². The molecule has 9 aromatic rings. The topological polar surface area (TPSA) is 25.8 Å². The average Bonchev–Trinajstić information content (AvgIpc) is 3.21. The van der Waals surface area contributed by atoms with E-state index in [1.807, 2.05) is 6.07 Å². The number of hydrogen-bond acceptors (Lipinski definition) is 2. The Morgan fingerprint density at radius 3 is 1.32 bits per heavy atom. The summed E-state index contributed by atoms with van der Waals surface area (Å²) in [6.07, 6.45) is 0. The fourth-order valence-electron chi connectivity index (χ4n) is 6.89. The summed E-state index contributed by atoms with van der Waals surface area (Å²) in [7, 11) is 0. The third kappa shape index (κ3) is 5.63. The summed E-state index contributed by atoms with van der Waals surface area (Å²) in [5.41, 5.74) is 13.4. The Balaban J connectivity index is 1.14. The number of aromatic nitrogens is 2. The zero-order chi connectivity index (χ0) is 33.3. The first-order valence-corrected chi connectivity index (χ1v) is 17.0. The summed E-state index contributed by atoms with van der Waals surface area (Å²) in [5, 5.41) is 3.33. The molecule has 1 aromatic heterocycles. The predicted molar refractivity (Wildman–Crippen MR) is 210 cm³/mol. The maximum Gasteiger partial charge on any atom is 0.160 e. The van der Waals surface area contributed by atoms with E-state index in [1.54, 1.807) is 0 Å². The second-order valence-electron chi connectivity index (χ2n) is 12.6. The van der Waals surface area contributed by atoms with Crippen LogP contribution in [0.2, 0.25) is 0 Å². The Bertz CT molecular complexity index is 2620. The van der Waals surface area contributed by atoms with Gasteiger partial charge in [0.25, 0.3) is 0 Å². The predicted octanol–water partition coefficient (Wildman–Crippen LogP) is 12.8. The van der Waals surface area contributed by atoms with E-state index in [1.165, 1.54) is 33.4 Å². The first-order chi connectivity index (χ1) is 24.8. The quantitative estimate of drug-likeness (QED) is 0.170. The van der Waals surface area contributed by atoms with E-state index in [-0.39, 0.29) is 0 Å². The van der Waals surface area contributed by atoms with E-state index in [0.29, 0.717) is 5.82 Å². The van der Waals surface area contributed by atoms with E-state index >= 15 is 0 Å². The molecule has 0 saturated heterocycles. The average molecular weight is 637 g/mol. The van der Waals surface area contributed by atoms with Gasteiger partial charge in [-0.3, -0.25) is 0 Å². The van der Waals surface area contributed by atoms with Crippen LogP contribution in [0.3, 0.4) is 0 Å². The van der Waals surface area contributed by atoms with E-state index in [9.17, 15) is 0 Å². The lowest BCUT2D eigenvalue weighted by Gasteiger charge is -2.13. The van der Waals surface area contributed by atoms with E-state index in [4.69, 9.17) is 9.97 Å². The fourth-order valence-corrected chi connectivity index (χ4v) is 6.89. The van der Waals surface area contributed by atoms with Crippen molar-refractivity contribution in [1.82, 2.24) is 9.97 Å².